The van der Waals surface area contributed by atoms with Crippen molar-refractivity contribution in [1.82, 2.24) is 0 Å². The van der Waals surface area contributed by atoms with Gasteiger partial charge in [0.2, 0.25) is 5.75 Å². The number of hydrazine groups is 1. The Labute approximate surface area is 116 Å². The second kappa shape index (κ2) is 6.03. The van der Waals surface area contributed by atoms with Crippen molar-refractivity contribution < 1.29 is 9.66 Å². The summed E-state index contributed by atoms with van der Waals surface area (Å²) in [6.07, 6.45) is 0.865. The van der Waals surface area contributed by atoms with E-state index in [1.54, 1.807) is 12.1 Å². The number of nitro groups is 1. The number of anilines is 1. The molecular weight excluding hydrogens is 258 g/mol. The van der Waals surface area contributed by atoms with E-state index in [1.165, 1.54) is 12.1 Å². The molecule has 20 heavy (non-hydrogen) atoms. The predicted octanol–water partition coefficient (Wildman–Crippen LogP) is 3.24. The third kappa shape index (κ3) is 2.86. The molecule has 0 aliphatic rings. The van der Waals surface area contributed by atoms with Crippen LogP contribution in [-0.4, -0.2) is 4.92 Å². The molecule has 0 spiro atoms. The largest absolute Gasteiger partial charge is 0.450 e. The molecule has 0 fully saturated rings. The number of aryl methyl sites for hydroxylation is 1. The predicted molar refractivity (Wildman–Crippen MR) is 76.8 cm³/mol. The minimum absolute atomic E-state index is 0.152. The van der Waals surface area contributed by atoms with Crippen LogP contribution in [0.5, 0.6) is 11.5 Å². The van der Waals surface area contributed by atoms with Crippen molar-refractivity contribution in [3.63, 3.8) is 0 Å². The average molecular weight is 273 g/mol. The smallest absolute Gasteiger partial charge is 0.335 e. The first-order valence-corrected chi connectivity index (χ1v) is 6.16. The van der Waals surface area contributed by atoms with Crippen molar-refractivity contribution in [2.24, 2.45) is 5.84 Å². The maximum absolute atomic E-state index is 11.1. The topological polar surface area (TPSA) is 90.4 Å². The van der Waals surface area contributed by atoms with Crippen LogP contribution in [0.2, 0.25) is 0 Å². The van der Waals surface area contributed by atoms with Crippen LogP contribution in [0.25, 0.3) is 0 Å². The van der Waals surface area contributed by atoms with Crippen LogP contribution in [-0.2, 0) is 6.42 Å². The van der Waals surface area contributed by atoms with Crippen LogP contribution in [0, 0.1) is 10.1 Å². The van der Waals surface area contributed by atoms with Gasteiger partial charge in [0, 0.05) is 0 Å². The summed E-state index contributed by atoms with van der Waals surface area (Å²) in [4.78, 5) is 10.6. The Morgan fingerprint density at radius 1 is 1.30 bits per heavy atom. The van der Waals surface area contributed by atoms with Gasteiger partial charge < -0.3 is 10.2 Å². The highest BCUT2D eigenvalue weighted by atomic mass is 16.6. The van der Waals surface area contributed by atoms with Gasteiger partial charge in [-0.3, -0.25) is 16.0 Å². The Kier molecular flexibility index (Phi) is 4.17. The number of nitrogens with two attached hydrogens (primary N) is 1. The second-order valence-corrected chi connectivity index (χ2v) is 4.16. The average Bonchev–Trinajstić information content (AvgIpc) is 2.46. The first-order valence-electron chi connectivity index (χ1n) is 6.16. The van der Waals surface area contributed by atoms with Crippen molar-refractivity contribution in [2.45, 2.75) is 13.3 Å². The van der Waals surface area contributed by atoms with Gasteiger partial charge in [-0.25, -0.2) is 0 Å². The summed E-state index contributed by atoms with van der Waals surface area (Å²) in [6.45, 7) is 2.03. The fourth-order valence-corrected chi connectivity index (χ4v) is 1.87. The van der Waals surface area contributed by atoms with Gasteiger partial charge in [-0.1, -0.05) is 25.1 Å². The Bertz CT molecular complexity index is 629. The molecule has 0 bridgehead atoms. The number of nitrogen functional groups attached to an aromatic ring is 1. The van der Waals surface area contributed by atoms with Crippen molar-refractivity contribution >= 4 is 11.4 Å². The Morgan fingerprint density at radius 3 is 2.70 bits per heavy atom. The molecule has 0 aromatic heterocycles. The van der Waals surface area contributed by atoms with E-state index in [0.717, 1.165) is 12.0 Å². The zero-order valence-corrected chi connectivity index (χ0v) is 11.0. The Morgan fingerprint density at radius 2 is 2.05 bits per heavy atom. The minimum atomic E-state index is -0.520. The highest BCUT2D eigenvalue weighted by Gasteiger charge is 2.21. The van der Waals surface area contributed by atoms with Crippen LogP contribution >= 0.6 is 0 Å². The van der Waals surface area contributed by atoms with E-state index in [9.17, 15) is 10.1 Å². The fraction of sp³-hybridized carbons (Fsp3) is 0.143. The summed E-state index contributed by atoms with van der Waals surface area (Å²) >= 11 is 0. The van der Waals surface area contributed by atoms with E-state index in [-0.39, 0.29) is 17.1 Å². The number of para-hydroxylation sites is 1. The van der Waals surface area contributed by atoms with Gasteiger partial charge in [-0.2, -0.15) is 0 Å². The van der Waals surface area contributed by atoms with Crippen LogP contribution in [0.3, 0.4) is 0 Å². The van der Waals surface area contributed by atoms with Crippen LogP contribution in [0.1, 0.15) is 12.5 Å². The van der Waals surface area contributed by atoms with Crippen LogP contribution < -0.4 is 16.0 Å². The number of hydrogen-bond donors (Lipinski definition) is 2. The summed E-state index contributed by atoms with van der Waals surface area (Å²) in [7, 11) is 0. The van der Waals surface area contributed by atoms with Crippen LogP contribution in [0.4, 0.5) is 11.4 Å². The van der Waals surface area contributed by atoms with E-state index in [0.29, 0.717) is 5.75 Å². The Hall–Kier alpha value is -2.60. The van der Waals surface area contributed by atoms with Gasteiger partial charge in [-0.15, -0.1) is 0 Å². The van der Waals surface area contributed by atoms with Gasteiger partial charge >= 0.3 is 5.69 Å². The second-order valence-electron chi connectivity index (χ2n) is 4.16. The molecule has 0 atom stereocenters. The van der Waals surface area contributed by atoms with E-state index in [4.69, 9.17) is 10.6 Å². The van der Waals surface area contributed by atoms with E-state index in [2.05, 4.69) is 5.43 Å². The van der Waals surface area contributed by atoms with Gasteiger partial charge in [0.15, 0.2) is 0 Å². The molecule has 0 aliphatic heterocycles. The third-order valence-electron chi connectivity index (χ3n) is 2.87. The van der Waals surface area contributed by atoms with Gasteiger partial charge in [0.05, 0.1) is 4.92 Å². The summed E-state index contributed by atoms with van der Waals surface area (Å²) in [5.74, 6) is 5.99. The van der Waals surface area contributed by atoms with Crippen molar-refractivity contribution in [3.05, 3.63) is 58.1 Å². The minimum Gasteiger partial charge on any atom is -0.450 e. The van der Waals surface area contributed by atoms with Crippen LogP contribution in [0.15, 0.2) is 42.5 Å². The van der Waals surface area contributed by atoms with E-state index < -0.39 is 4.92 Å². The zero-order chi connectivity index (χ0) is 14.5. The molecular formula is C14H15N3O3. The molecule has 0 heterocycles. The zero-order valence-electron chi connectivity index (χ0n) is 11.0. The summed E-state index contributed by atoms with van der Waals surface area (Å²) < 4.78 is 5.62. The van der Waals surface area contributed by atoms with Crippen molar-refractivity contribution in [2.75, 3.05) is 5.43 Å². The lowest BCUT2D eigenvalue weighted by Gasteiger charge is -2.09. The lowest BCUT2D eigenvalue weighted by Crippen LogP contribution is -2.09. The summed E-state index contributed by atoms with van der Waals surface area (Å²) in [5, 5.41) is 11.1. The Balaban J connectivity index is 2.40. The number of nitrogens with one attached hydrogen (secondary N) is 1. The van der Waals surface area contributed by atoms with E-state index in [1.807, 2.05) is 25.1 Å². The maximum atomic E-state index is 11.1. The van der Waals surface area contributed by atoms with Crippen molar-refractivity contribution in [1.29, 1.82) is 0 Å². The molecule has 2 rings (SSSR count). The summed E-state index contributed by atoms with van der Waals surface area (Å²) in [6, 6.07) is 12.1. The highest BCUT2D eigenvalue weighted by Crippen LogP contribution is 2.37. The third-order valence-corrected chi connectivity index (χ3v) is 2.87. The number of benzene rings is 2. The number of ether oxygens (including phenoxy) is 1. The lowest BCUT2D eigenvalue weighted by molar-refractivity contribution is -0.384. The summed E-state index contributed by atoms with van der Waals surface area (Å²) in [5.41, 5.74) is 3.42. The molecule has 104 valence electrons. The van der Waals surface area contributed by atoms with E-state index >= 15 is 0 Å². The SMILES string of the molecule is CCc1cccc(Oc2cccc(NN)c2[N+](=O)[O-])c1. The fourth-order valence-electron chi connectivity index (χ4n) is 1.87. The molecule has 6 nitrogen and oxygen atoms in total. The first-order chi connectivity index (χ1) is 9.65. The quantitative estimate of drug-likeness (QED) is 0.496. The standard InChI is InChI=1S/C14H15N3O3/c1-2-10-5-3-6-11(9-10)20-13-8-4-7-12(16-15)14(13)17(18)19/h3-9,16H,2,15H2,1H3. The molecule has 0 amide bonds. The molecule has 3 N–H and O–H groups in total. The molecule has 2 aromatic carbocycles. The molecule has 0 radical (unpaired) electrons. The monoisotopic (exact) mass is 273 g/mol. The number of rotatable bonds is 5. The highest BCUT2D eigenvalue weighted by molar-refractivity contribution is 5.68. The van der Waals surface area contributed by atoms with Gasteiger partial charge in [0.1, 0.15) is 11.4 Å². The number of hydrogen-bond acceptors (Lipinski definition) is 5. The molecule has 6 heteroatoms. The van der Waals surface area contributed by atoms with Gasteiger partial charge in [0.25, 0.3) is 0 Å². The molecule has 0 saturated heterocycles. The van der Waals surface area contributed by atoms with Crippen molar-refractivity contribution in [3.8, 4) is 11.5 Å². The van der Waals surface area contributed by atoms with Gasteiger partial charge in [-0.05, 0) is 36.2 Å². The maximum Gasteiger partial charge on any atom is 0.335 e. The number of nitrogens with zero attached hydrogens (tertiary/aromatic N) is 1. The lowest BCUT2D eigenvalue weighted by atomic mass is 10.1. The molecule has 2 aromatic rings. The molecule has 0 saturated carbocycles. The number of nitro benzene ring substituents is 1. The molecule has 0 unspecified atom stereocenters. The normalized spacial score (nSPS) is 10.1. The first kappa shape index (κ1) is 13.8. The molecule has 0 aliphatic carbocycles.